The highest BCUT2D eigenvalue weighted by Gasteiger charge is 2.27. The number of hydrogen-bond acceptors (Lipinski definition) is 3. The van der Waals surface area contributed by atoms with Crippen molar-refractivity contribution in [3.63, 3.8) is 0 Å². The lowest BCUT2D eigenvalue weighted by Gasteiger charge is -2.30. The molecule has 35 heavy (non-hydrogen) atoms. The molecule has 0 atom stereocenters. The van der Waals surface area contributed by atoms with Gasteiger partial charge in [0.2, 0.25) is 5.91 Å². The van der Waals surface area contributed by atoms with Crippen LogP contribution in [0, 0.1) is 5.92 Å². The SMILES string of the molecule is O=C(O)C=Cc1cccc(N(Cc2ccc(CNc3ccccc3)cc2)C(=O)C2CCCCC2)c1. The van der Waals surface area contributed by atoms with Crippen LogP contribution in [0.15, 0.2) is 84.9 Å². The Morgan fingerprint density at radius 3 is 2.31 bits per heavy atom. The molecule has 5 heteroatoms. The van der Waals surface area contributed by atoms with Gasteiger partial charge in [-0.05, 0) is 59.9 Å². The molecule has 1 aliphatic carbocycles. The predicted molar refractivity (Wildman–Crippen MR) is 141 cm³/mol. The van der Waals surface area contributed by atoms with Gasteiger partial charge in [-0.1, -0.05) is 73.9 Å². The number of aliphatic carboxylic acids is 1. The van der Waals surface area contributed by atoms with Crippen molar-refractivity contribution in [3.05, 3.63) is 102 Å². The molecular weight excluding hydrogens is 436 g/mol. The quantitative estimate of drug-likeness (QED) is 0.351. The van der Waals surface area contributed by atoms with E-state index in [1.807, 2.05) is 59.5 Å². The summed E-state index contributed by atoms with van der Waals surface area (Å²) < 4.78 is 0. The maximum absolute atomic E-state index is 13.6. The lowest BCUT2D eigenvalue weighted by molar-refractivity contribution is -0.131. The fourth-order valence-electron chi connectivity index (χ4n) is 4.54. The molecule has 0 bridgehead atoms. The highest BCUT2D eigenvalue weighted by molar-refractivity contribution is 5.95. The summed E-state index contributed by atoms with van der Waals surface area (Å²) in [5.41, 5.74) is 4.86. The molecule has 0 heterocycles. The van der Waals surface area contributed by atoms with Gasteiger partial charge in [-0.15, -0.1) is 0 Å². The van der Waals surface area contributed by atoms with Crippen LogP contribution in [-0.2, 0) is 22.7 Å². The van der Waals surface area contributed by atoms with E-state index in [0.29, 0.717) is 6.54 Å². The van der Waals surface area contributed by atoms with E-state index in [2.05, 4.69) is 29.6 Å². The van der Waals surface area contributed by atoms with Gasteiger partial charge < -0.3 is 15.3 Å². The van der Waals surface area contributed by atoms with Crippen LogP contribution in [0.3, 0.4) is 0 Å². The molecule has 1 aliphatic rings. The number of carboxylic acid groups (broad SMARTS) is 1. The van der Waals surface area contributed by atoms with Crippen LogP contribution in [0.1, 0.15) is 48.8 Å². The molecule has 0 unspecified atom stereocenters. The Morgan fingerprint density at radius 2 is 1.60 bits per heavy atom. The summed E-state index contributed by atoms with van der Waals surface area (Å²) >= 11 is 0. The number of amides is 1. The van der Waals surface area contributed by atoms with Crippen molar-refractivity contribution >= 4 is 29.3 Å². The highest BCUT2D eigenvalue weighted by Crippen LogP contribution is 2.29. The van der Waals surface area contributed by atoms with Crippen molar-refractivity contribution in [2.75, 3.05) is 10.2 Å². The van der Waals surface area contributed by atoms with Gasteiger partial charge in [0.15, 0.2) is 0 Å². The third-order valence-electron chi connectivity index (χ3n) is 6.45. The lowest BCUT2D eigenvalue weighted by Crippen LogP contribution is -2.36. The summed E-state index contributed by atoms with van der Waals surface area (Å²) in [6, 6.07) is 26.0. The topological polar surface area (TPSA) is 69.6 Å². The summed E-state index contributed by atoms with van der Waals surface area (Å²) in [4.78, 5) is 26.4. The van der Waals surface area contributed by atoms with Gasteiger partial charge in [0.1, 0.15) is 0 Å². The molecule has 0 aromatic heterocycles. The zero-order chi connectivity index (χ0) is 24.5. The number of para-hydroxylation sites is 1. The molecule has 1 saturated carbocycles. The molecule has 1 amide bonds. The molecule has 5 nitrogen and oxygen atoms in total. The van der Waals surface area contributed by atoms with E-state index in [1.54, 1.807) is 6.08 Å². The van der Waals surface area contributed by atoms with Crippen LogP contribution >= 0.6 is 0 Å². The first-order valence-corrected chi connectivity index (χ1v) is 12.3. The minimum atomic E-state index is -0.993. The molecule has 180 valence electrons. The van der Waals surface area contributed by atoms with Gasteiger partial charge in [0.05, 0.1) is 6.54 Å². The van der Waals surface area contributed by atoms with Crippen molar-refractivity contribution in [2.45, 2.75) is 45.2 Å². The summed E-state index contributed by atoms with van der Waals surface area (Å²) in [5.74, 6) is -0.803. The number of anilines is 2. The van der Waals surface area contributed by atoms with E-state index in [4.69, 9.17) is 5.11 Å². The Balaban J connectivity index is 1.52. The molecule has 4 rings (SSSR count). The minimum absolute atomic E-state index is 0.0383. The van der Waals surface area contributed by atoms with Gasteiger partial charge in [-0.25, -0.2) is 4.79 Å². The first kappa shape index (κ1) is 24.3. The van der Waals surface area contributed by atoms with Crippen LogP contribution in [-0.4, -0.2) is 17.0 Å². The number of nitrogens with one attached hydrogen (secondary N) is 1. The molecule has 0 spiro atoms. The second kappa shape index (κ2) is 12.0. The smallest absolute Gasteiger partial charge is 0.328 e. The van der Waals surface area contributed by atoms with Crippen molar-refractivity contribution in [3.8, 4) is 0 Å². The molecule has 0 saturated heterocycles. The summed E-state index contributed by atoms with van der Waals surface area (Å²) in [7, 11) is 0. The minimum Gasteiger partial charge on any atom is -0.478 e. The van der Waals surface area contributed by atoms with Crippen LogP contribution in [0.5, 0.6) is 0 Å². The molecule has 1 fully saturated rings. The Labute approximate surface area is 207 Å². The number of carbonyl (C=O) groups is 2. The van der Waals surface area contributed by atoms with E-state index in [0.717, 1.165) is 60.8 Å². The average molecular weight is 469 g/mol. The maximum atomic E-state index is 13.6. The third kappa shape index (κ3) is 7.06. The molecule has 3 aromatic carbocycles. The van der Waals surface area contributed by atoms with Gasteiger partial charge in [-0.2, -0.15) is 0 Å². The van der Waals surface area contributed by atoms with Crippen molar-refractivity contribution in [1.82, 2.24) is 0 Å². The number of nitrogens with zero attached hydrogens (tertiary/aromatic N) is 1. The Hall–Kier alpha value is -3.86. The van der Waals surface area contributed by atoms with Crippen LogP contribution in [0.2, 0.25) is 0 Å². The summed E-state index contributed by atoms with van der Waals surface area (Å²) in [6.07, 6.45) is 7.91. The second-order valence-corrected chi connectivity index (χ2v) is 9.06. The summed E-state index contributed by atoms with van der Waals surface area (Å²) in [6.45, 7) is 1.21. The van der Waals surface area contributed by atoms with E-state index in [9.17, 15) is 9.59 Å². The lowest BCUT2D eigenvalue weighted by atomic mass is 9.88. The number of carbonyl (C=O) groups excluding carboxylic acids is 1. The van der Waals surface area contributed by atoms with Gasteiger partial charge in [-0.3, -0.25) is 4.79 Å². The number of carboxylic acids is 1. The first-order chi connectivity index (χ1) is 17.1. The number of rotatable bonds is 9. The third-order valence-corrected chi connectivity index (χ3v) is 6.45. The average Bonchev–Trinajstić information content (AvgIpc) is 2.91. The largest absolute Gasteiger partial charge is 0.478 e. The second-order valence-electron chi connectivity index (χ2n) is 9.06. The number of hydrogen-bond donors (Lipinski definition) is 2. The Morgan fingerprint density at radius 1 is 0.886 bits per heavy atom. The maximum Gasteiger partial charge on any atom is 0.328 e. The van der Waals surface area contributed by atoms with Crippen LogP contribution < -0.4 is 10.2 Å². The van der Waals surface area contributed by atoms with E-state index < -0.39 is 5.97 Å². The van der Waals surface area contributed by atoms with Gasteiger partial charge >= 0.3 is 5.97 Å². The normalized spacial score (nSPS) is 14.1. The summed E-state index contributed by atoms with van der Waals surface area (Å²) in [5, 5.41) is 12.4. The van der Waals surface area contributed by atoms with E-state index >= 15 is 0 Å². The number of benzene rings is 3. The molecule has 2 N–H and O–H groups in total. The molecule has 0 radical (unpaired) electrons. The van der Waals surface area contributed by atoms with E-state index in [1.165, 1.54) is 12.0 Å². The first-order valence-electron chi connectivity index (χ1n) is 12.3. The van der Waals surface area contributed by atoms with Gasteiger partial charge in [0, 0.05) is 29.9 Å². The molecule has 0 aliphatic heterocycles. The zero-order valence-corrected chi connectivity index (χ0v) is 19.9. The highest BCUT2D eigenvalue weighted by atomic mass is 16.4. The van der Waals surface area contributed by atoms with Crippen molar-refractivity contribution in [2.24, 2.45) is 5.92 Å². The molecular formula is C30H32N2O3. The fourth-order valence-corrected chi connectivity index (χ4v) is 4.54. The van der Waals surface area contributed by atoms with Crippen LogP contribution in [0.25, 0.3) is 6.08 Å². The van der Waals surface area contributed by atoms with Crippen LogP contribution in [0.4, 0.5) is 11.4 Å². The fraction of sp³-hybridized carbons (Fsp3) is 0.267. The Bertz CT molecular complexity index is 1150. The van der Waals surface area contributed by atoms with Crippen molar-refractivity contribution in [1.29, 1.82) is 0 Å². The monoisotopic (exact) mass is 468 g/mol. The van der Waals surface area contributed by atoms with Crippen molar-refractivity contribution < 1.29 is 14.7 Å². The molecule has 3 aromatic rings. The van der Waals surface area contributed by atoms with E-state index in [-0.39, 0.29) is 11.8 Å². The standard InChI is InChI=1S/C30H32N2O3/c33-29(34)19-18-23-8-7-13-28(20-23)32(30(35)26-9-3-1-4-10-26)22-25-16-14-24(15-17-25)21-31-27-11-5-2-6-12-27/h2,5-8,11-20,26,31H,1,3-4,9-10,21-22H2,(H,33,34). The zero-order valence-electron chi connectivity index (χ0n) is 19.9. The Kier molecular flexibility index (Phi) is 8.34. The van der Waals surface area contributed by atoms with Gasteiger partial charge in [0.25, 0.3) is 0 Å². The predicted octanol–water partition coefficient (Wildman–Crippen LogP) is 6.51.